The molecule has 0 saturated carbocycles. The van der Waals surface area contributed by atoms with Crippen LogP contribution in [-0.4, -0.2) is 43.0 Å². The maximum absolute atomic E-state index is 11.0. The lowest BCUT2D eigenvalue weighted by Gasteiger charge is -2.14. The average molecular weight is 205 g/mol. The fraction of sp³-hybridized carbons (Fsp3) is 0.750. The van der Waals surface area contributed by atoms with Crippen molar-refractivity contribution >= 4 is 12.1 Å². The minimum Gasteiger partial charge on any atom is -0.480 e. The lowest BCUT2D eigenvalue weighted by atomic mass is 10.3. The Balaban J connectivity index is 4.02. The van der Waals surface area contributed by atoms with Gasteiger partial charge in [0.15, 0.2) is 6.04 Å². The second-order valence-corrected chi connectivity index (χ2v) is 2.94. The summed E-state index contributed by atoms with van der Waals surface area (Å²) < 4.78 is 9.33. The number of carbonyl (C=O) groups is 2. The van der Waals surface area contributed by atoms with Gasteiger partial charge in [-0.3, -0.25) is 0 Å². The molecule has 0 fully saturated rings. The number of ether oxygens (including phenoxy) is 2. The summed E-state index contributed by atoms with van der Waals surface area (Å²) in [6.45, 7) is 3.25. The molecule has 0 spiro atoms. The number of carbonyl (C=O) groups excluding carboxylic acids is 1. The first-order valence-electron chi connectivity index (χ1n) is 4.16. The van der Waals surface area contributed by atoms with Gasteiger partial charge in [-0.1, -0.05) is 0 Å². The summed E-state index contributed by atoms with van der Waals surface area (Å²) >= 11 is 0. The van der Waals surface area contributed by atoms with Crippen LogP contribution < -0.4 is 5.32 Å². The zero-order valence-electron chi connectivity index (χ0n) is 8.44. The molecule has 0 aromatic carbocycles. The van der Waals surface area contributed by atoms with Crippen molar-refractivity contribution in [1.82, 2.24) is 5.32 Å². The maximum atomic E-state index is 11.0. The molecule has 0 heterocycles. The van der Waals surface area contributed by atoms with E-state index in [4.69, 9.17) is 9.84 Å². The summed E-state index contributed by atoms with van der Waals surface area (Å²) in [6.07, 6.45) is -1.04. The Morgan fingerprint density at radius 1 is 1.43 bits per heavy atom. The zero-order valence-corrected chi connectivity index (χ0v) is 8.44. The monoisotopic (exact) mass is 205 g/mol. The molecule has 0 bridgehead atoms. The molecule has 6 nitrogen and oxygen atoms in total. The maximum Gasteiger partial charge on any atom is 0.408 e. The average Bonchev–Trinajstić information content (AvgIpc) is 2.01. The first kappa shape index (κ1) is 12.7. The highest BCUT2D eigenvalue weighted by Gasteiger charge is 2.20. The second kappa shape index (κ2) is 6.20. The number of methoxy groups -OCH3 is 1. The molecule has 1 amide bonds. The number of aliphatic carboxylic acids is 1. The largest absolute Gasteiger partial charge is 0.480 e. The molecule has 82 valence electrons. The van der Waals surface area contributed by atoms with Crippen LogP contribution in [0.2, 0.25) is 0 Å². The third kappa shape index (κ3) is 5.36. The number of carboxylic acid groups (broad SMARTS) is 1. The highest BCUT2D eigenvalue weighted by atomic mass is 16.6. The van der Waals surface area contributed by atoms with E-state index < -0.39 is 18.1 Å². The third-order valence-corrected chi connectivity index (χ3v) is 1.27. The highest BCUT2D eigenvalue weighted by molar-refractivity contribution is 5.80. The number of carboxylic acids is 1. The van der Waals surface area contributed by atoms with Gasteiger partial charge >= 0.3 is 12.1 Å². The molecular weight excluding hydrogens is 190 g/mol. The van der Waals surface area contributed by atoms with Crippen molar-refractivity contribution in [3.8, 4) is 0 Å². The molecule has 0 aromatic rings. The molecule has 2 N–H and O–H groups in total. The molecule has 14 heavy (non-hydrogen) atoms. The lowest BCUT2D eigenvalue weighted by molar-refractivity contribution is -0.140. The van der Waals surface area contributed by atoms with Crippen LogP contribution in [0.3, 0.4) is 0 Å². The number of alkyl carbamates (subject to hydrolysis) is 1. The Morgan fingerprint density at radius 2 is 2.00 bits per heavy atom. The summed E-state index contributed by atoms with van der Waals surface area (Å²) in [5.74, 6) is -1.16. The van der Waals surface area contributed by atoms with Crippen molar-refractivity contribution in [3.05, 3.63) is 0 Å². The van der Waals surface area contributed by atoms with E-state index in [1.807, 2.05) is 0 Å². The van der Waals surface area contributed by atoms with Gasteiger partial charge in [-0.2, -0.15) is 0 Å². The van der Waals surface area contributed by atoms with Gasteiger partial charge < -0.3 is 19.9 Å². The molecule has 1 atom stereocenters. The minimum absolute atomic E-state index is 0.0947. The van der Waals surface area contributed by atoms with Crippen LogP contribution >= 0.6 is 0 Å². The van der Waals surface area contributed by atoms with Crippen LogP contribution in [0.1, 0.15) is 13.8 Å². The summed E-state index contributed by atoms with van der Waals surface area (Å²) in [5.41, 5.74) is 0. The van der Waals surface area contributed by atoms with E-state index in [1.165, 1.54) is 7.11 Å². The van der Waals surface area contributed by atoms with Crippen molar-refractivity contribution in [2.24, 2.45) is 0 Å². The van der Waals surface area contributed by atoms with Crippen LogP contribution in [0, 0.1) is 0 Å². The molecule has 1 unspecified atom stereocenters. The number of rotatable bonds is 5. The Kier molecular flexibility index (Phi) is 5.62. The van der Waals surface area contributed by atoms with Gasteiger partial charge in [0, 0.05) is 7.11 Å². The number of hydrogen-bond donors (Lipinski definition) is 2. The van der Waals surface area contributed by atoms with Crippen molar-refractivity contribution in [3.63, 3.8) is 0 Å². The van der Waals surface area contributed by atoms with Crippen LogP contribution in [-0.2, 0) is 14.3 Å². The Labute approximate surface area is 82.2 Å². The van der Waals surface area contributed by atoms with E-state index in [9.17, 15) is 9.59 Å². The van der Waals surface area contributed by atoms with Gasteiger partial charge in [0.1, 0.15) is 0 Å². The number of amides is 1. The van der Waals surface area contributed by atoms with Gasteiger partial charge in [-0.15, -0.1) is 0 Å². The fourth-order valence-corrected chi connectivity index (χ4v) is 0.732. The van der Waals surface area contributed by atoms with Crippen LogP contribution in [0.15, 0.2) is 0 Å². The quantitative estimate of drug-likeness (QED) is 0.670. The molecule has 0 aromatic heterocycles. The molecule has 0 rings (SSSR count). The summed E-state index contributed by atoms with van der Waals surface area (Å²) in [6, 6.07) is -1.08. The summed E-state index contributed by atoms with van der Waals surface area (Å²) in [7, 11) is 1.35. The zero-order chi connectivity index (χ0) is 11.1. The molecule has 6 heteroatoms. The second-order valence-electron chi connectivity index (χ2n) is 2.94. The predicted molar refractivity (Wildman–Crippen MR) is 48.1 cm³/mol. The Bertz CT molecular complexity index is 204. The van der Waals surface area contributed by atoms with Crippen molar-refractivity contribution < 1.29 is 24.2 Å². The molecule has 0 aliphatic carbocycles. The van der Waals surface area contributed by atoms with Gasteiger partial charge in [0.2, 0.25) is 0 Å². The molecule has 0 radical (unpaired) electrons. The van der Waals surface area contributed by atoms with E-state index in [2.05, 4.69) is 10.1 Å². The normalized spacial score (nSPS) is 12.3. The van der Waals surface area contributed by atoms with Crippen LogP contribution in [0.25, 0.3) is 0 Å². The lowest BCUT2D eigenvalue weighted by Crippen LogP contribution is -2.44. The van der Waals surface area contributed by atoms with Gasteiger partial charge in [0.05, 0.1) is 12.7 Å². The smallest absolute Gasteiger partial charge is 0.408 e. The van der Waals surface area contributed by atoms with E-state index >= 15 is 0 Å². The minimum atomic E-state index is -1.16. The summed E-state index contributed by atoms with van der Waals surface area (Å²) in [5, 5.41) is 10.8. The topological polar surface area (TPSA) is 84.9 Å². The van der Waals surface area contributed by atoms with E-state index in [-0.39, 0.29) is 12.7 Å². The van der Waals surface area contributed by atoms with E-state index in [0.717, 1.165) is 0 Å². The first-order valence-corrected chi connectivity index (χ1v) is 4.16. The van der Waals surface area contributed by atoms with Crippen molar-refractivity contribution in [2.45, 2.75) is 26.0 Å². The highest BCUT2D eigenvalue weighted by Crippen LogP contribution is 1.92. The van der Waals surface area contributed by atoms with Crippen LogP contribution in [0.4, 0.5) is 4.79 Å². The number of hydrogen-bond acceptors (Lipinski definition) is 4. The Hall–Kier alpha value is -1.30. The van der Waals surface area contributed by atoms with Gasteiger partial charge in [0.25, 0.3) is 0 Å². The predicted octanol–water partition coefficient (Wildman–Crippen LogP) is 0.221. The Morgan fingerprint density at radius 3 is 2.36 bits per heavy atom. The first-order chi connectivity index (χ1) is 6.47. The van der Waals surface area contributed by atoms with E-state index in [1.54, 1.807) is 13.8 Å². The van der Waals surface area contributed by atoms with Crippen molar-refractivity contribution in [2.75, 3.05) is 13.7 Å². The fourth-order valence-electron chi connectivity index (χ4n) is 0.732. The van der Waals surface area contributed by atoms with Gasteiger partial charge in [-0.25, -0.2) is 9.59 Å². The van der Waals surface area contributed by atoms with Gasteiger partial charge in [-0.05, 0) is 13.8 Å². The molecule has 0 aliphatic rings. The standard InChI is InChI=1S/C8H15NO5/c1-5(2)14-8(12)9-6(4-13-3)7(10)11/h5-6H,4H2,1-3H3,(H,9,12)(H,10,11). The SMILES string of the molecule is COCC(NC(=O)OC(C)C)C(=O)O. The molecular formula is C8H15NO5. The summed E-state index contributed by atoms with van der Waals surface area (Å²) in [4.78, 5) is 21.6. The van der Waals surface area contributed by atoms with Crippen molar-refractivity contribution in [1.29, 1.82) is 0 Å². The molecule has 0 saturated heterocycles. The third-order valence-electron chi connectivity index (χ3n) is 1.27. The van der Waals surface area contributed by atoms with Crippen LogP contribution in [0.5, 0.6) is 0 Å². The molecule has 0 aliphatic heterocycles. The number of nitrogens with one attached hydrogen (secondary N) is 1. The van der Waals surface area contributed by atoms with E-state index in [0.29, 0.717) is 0 Å².